The zero-order valence-corrected chi connectivity index (χ0v) is 8.61. The van der Waals surface area contributed by atoms with E-state index in [4.69, 9.17) is 0 Å². The van der Waals surface area contributed by atoms with E-state index in [9.17, 15) is 8.76 Å². The fourth-order valence-corrected chi connectivity index (χ4v) is 2.07. The Balaban J connectivity index is 2.37. The molecule has 1 heterocycles. The van der Waals surface area contributed by atoms with Crippen LogP contribution < -0.4 is 10.0 Å². The monoisotopic (exact) mass is 211 g/mol. The summed E-state index contributed by atoms with van der Waals surface area (Å²) < 4.78 is 23.4. The van der Waals surface area contributed by atoms with Gasteiger partial charge in [0.15, 0.2) is 0 Å². The Morgan fingerprint density at radius 2 is 2.36 bits per heavy atom. The van der Waals surface area contributed by atoms with Crippen LogP contribution >= 0.6 is 0 Å². The number of hydrogen-bond acceptors (Lipinski definition) is 3. The second-order valence-corrected chi connectivity index (χ2v) is 4.01. The predicted octanol–water partition coefficient (Wildman–Crippen LogP) is 1.17. The van der Waals surface area contributed by atoms with Crippen LogP contribution in [0.5, 0.6) is 0 Å². The summed E-state index contributed by atoms with van der Waals surface area (Å²) in [6.45, 7) is 2.83. The first-order valence-electron chi connectivity index (χ1n) is 4.40. The van der Waals surface area contributed by atoms with Crippen molar-refractivity contribution < 1.29 is 8.76 Å². The van der Waals surface area contributed by atoms with Crippen molar-refractivity contribution in [2.24, 2.45) is 0 Å². The zero-order chi connectivity index (χ0) is 10.1. The molecule has 0 bridgehead atoms. The molecular formula is C9H11N2O2S-. The molecule has 0 aromatic heterocycles. The second kappa shape index (κ2) is 3.59. The molecule has 2 rings (SSSR count). The molecule has 4 nitrogen and oxygen atoms in total. The average Bonchev–Trinajstić information content (AvgIpc) is 2.51. The standard InChI is InChI=1S/C9H12N2O2S/c1-6-4-7-2-3-10-9(7)5-8(6)11-14(12)13/h4-5,10-11H,2-3H2,1H3,(H,12,13)/p-1. The molecule has 0 saturated carbocycles. The van der Waals surface area contributed by atoms with E-state index in [0.717, 1.165) is 24.2 Å². The third kappa shape index (κ3) is 1.73. The van der Waals surface area contributed by atoms with Crippen LogP contribution in [-0.4, -0.2) is 15.3 Å². The molecule has 2 N–H and O–H groups in total. The van der Waals surface area contributed by atoms with Crippen molar-refractivity contribution in [2.75, 3.05) is 16.6 Å². The lowest BCUT2D eigenvalue weighted by Crippen LogP contribution is -2.04. The Morgan fingerprint density at radius 3 is 3.07 bits per heavy atom. The molecule has 76 valence electrons. The summed E-state index contributed by atoms with van der Waals surface area (Å²) in [6.07, 6.45) is 1.01. The Labute approximate surface area is 85.1 Å². The van der Waals surface area contributed by atoms with E-state index in [1.807, 2.05) is 19.1 Å². The van der Waals surface area contributed by atoms with E-state index in [-0.39, 0.29) is 0 Å². The van der Waals surface area contributed by atoms with Gasteiger partial charge in [-0.15, -0.1) is 0 Å². The van der Waals surface area contributed by atoms with Gasteiger partial charge in [0.05, 0.1) is 5.69 Å². The molecular weight excluding hydrogens is 200 g/mol. The van der Waals surface area contributed by atoms with Crippen LogP contribution in [0, 0.1) is 6.92 Å². The van der Waals surface area contributed by atoms with Crippen molar-refractivity contribution in [3.8, 4) is 0 Å². The maximum atomic E-state index is 10.5. The highest BCUT2D eigenvalue weighted by molar-refractivity contribution is 7.80. The van der Waals surface area contributed by atoms with Gasteiger partial charge in [-0.1, -0.05) is 6.07 Å². The third-order valence-electron chi connectivity index (χ3n) is 2.35. The maximum absolute atomic E-state index is 10.5. The number of benzene rings is 1. The van der Waals surface area contributed by atoms with Crippen LogP contribution in [0.3, 0.4) is 0 Å². The fourth-order valence-electron chi connectivity index (χ4n) is 1.67. The van der Waals surface area contributed by atoms with Crippen molar-refractivity contribution >= 4 is 22.6 Å². The van der Waals surface area contributed by atoms with Gasteiger partial charge in [-0.3, -0.25) is 4.21 Å². The van der Waals surface area contributed by atoms with Crippen LogP contribution in [-0.2, 0) is 17.7 Å². The second-order valence-electron chi connectivity index (χ2n) is 3.34. The highest BCUT2D eigenvalue weighted by Crippen LogP contribution is 2.28. The molecule has 14 heavy (non-hydrogen) atoms. The van der Waals surface area contributed by atoms with Crippen LogP contribution in [0.2, 0.25) is 0 Å². The van der Waals surface area contributed by atoms with Gasteiger partial charge in [0.2, 0.25) is 0 Å². The van der Waals surface area contributed by atoms with Gasteiger partial charge in [0.1, 0.15) is 0 Å². The first-order chi connectivity index (χ1) is 6.66. The van der Waals surface area contributed by atoms with Gasteiger partial charge in [-0.25, -0.2) is 0 Å². The van der Waals surface area contributed by atoms with Crippen LogP contribution in [0.1, 0.15) is 11.1 Å². The van der Waals surface area contributed by atoms with Gasteiger partial charge >= 0.3 is 0 Å². The number of aryl methyl sites for hydroxylation is 1. The first kappa shape index (κ1) is 9.48. The smallest absolute Gasteiger partial charge is 0.0502 e. The third-order valence-corrected chi connectivity index (χ3v) is 2.74. The minimum atomic E-state index is -2.25. The van der Waals surface area contributed by atoms with E-state index in [0.29, 0.717) is 5.69 Å². The van der Waals surface area contributed by atoms with Crippen LogP contribution in [0.25, 0.3) is 0 Å². The number of anilines is 2. The summed E-state index contributed by atoms with van der Waals surface area (Å²) in [5.41, 5.74) is 3.89. The highest BCUT2D eigenvalue weighted by atomic mass is 32.2. The largest absolute Gasteiger partial charge is 0.755 e. The van der Waals surface area contributed by atoms with Gasteiger partial charge < -0.3 is 14.6 Å². The number of rotatable bonds is 2. The molecule has 1 aromatic carbocycles. The molecule has 0 spiro atoms. The van der Waals surface area contributed by atoms with Gasteiger partial charge in [0, 0.05) is 23.5 Å². The van der Waals surface area contributed by atoms with E-state index >= 15 is 0 Å². The summed E-state index contributed by atoms with van der Waals surface area (Å²) in [4.78, 5) is 0. The molecule has 0 amide bonds. The molecule has 0 saturated heterocycles. The lowest BCUT2D eigenvalue weighted by atomic mass is 10.1. The summed E-state index contributed by atoms with van der Waals surface area (Å²) in [7, 11) is 0. The van der Waals surface area contributed by atoms with Crippen molar-refractivity contribution in [1.29, 1.82) is 0 Å². The molecule has 0 radical (unpaired) electrons. The number of hydrogen-bond donors (Lipinski definition) is 2. The molecule has 0 fully saturated rings. The Kier molecular flexibility index (Phi) is 2.43. The summed E-state index contributed by atoms with van der Waals surface area (Å²) in [6, 6.07) is 3.86. The normalized spacial score (nSPS) is 15.9. The topological polar surface area (TPSA) is 64.2 Å². The predicted molar refractivity (Wildman–Crippen MR) is 55.9 cm³/mol. The molecule has 1 aliphatic heterocycles. The molecule has 1 aromatic rings. The maximum Gasteiger partial charge on any atom is 0.0502 e. The average molecular weight is 211 g/mol. The zero-order valence-electron chi connectivity index (χ0n) is 7.79. The lowest BCUT2D eigenvalue weighted by Gasteiger charge is -2.13. The Hall–Kier alpha value is -1.07. The van der Waals surface area contributed by atoms with E-state index < -0.39 is 11.3 Å². The van der Waals surface area contributed by atoms with Crippen molar-refractivity contribution in [1.82, 2.24) is 0 Å². The summed E-state index contributed by atoms with van der Waals surface area (Å²) in [5, 5.41) is 3.20. The van der Waals surface area contributed by atoms with E-state index in [2.05, 4.69) is 10.0 Å². The van der Waals surface area contributed by atoms with Crippen molar-refractivity contribution in [3.05, 3.63) is 23.3 Å². The summed E-state index contributed by atoms with van der Waals surface area (Å²) >= 11 is -2.25. The van der Waals surface area contributed by atoms with E-state index in [1.165, 1.54) is 5.56 Å². The molecule has 1 aliphatic rings. The number of fused-ring (bicyclic) bond motifs is 1. The Morgan fingerprint density at radius 1 is 1.57 bits per heavy atom. The minimum Gasteiger partial charge on any atom is -0.755 e. The van der Waals surface area contributed by atoms with Gasteiger partial charge in [-0.05, 0) is 30.5 Å². The SMILES string of the molecule is Cc1cc2c(cc1NS(=O)[O-])NCC2. The molecule has 1 unspecified atom stereocenters. The molecule has 1 atom stereocenters. The van der Waals surface area contributed by atoms with E-state index in [1.54, 1.807) is 0 Å². The fraction of sp³-hybridized carbons (Fsp3) is 0.333. The van der Waals surface area contributed by atoms with Crippen LogP contribution in [0.15, 0.2) is 12.1 Å². The highest BCUT2D eigenvalue weighted by Gasteiger charge is 2.11. The first-order valence-corrected chi connectivity index (χ1v) is 5.47. The van der Waals surface area contributed by atoms with Crippen molar-refractivity contribution in [3.63, 3.8) is 0 Å². The van der Waals surface area contributed by atoms with Gasteiger partial charge in [0.25, 0.3) is 0 Å². The lowest BCUT2D eigenvalue weighted by molar-refractivity contribution is 0.542. The number of nitrogens with one attached hydrogen (secondary N) is 2. The van der Waals surface area contributed by atoms with Crippen molar-refractivity contribution in [2.45, 2.75) is 13.3 Å². The molecule has 0 aliphatic carbocycles. The molecule has 5 heteroatoms. The summed E-state index contributed by atoms with van der Waals surface area (Å²) in [5.74, 6) is 0. The van der Waals surface area contributed by atoms with Gasteiger partial charge in [-0.2, -0.15) is 0 Å². The van der Waals surface area contributed by atoms with Crippen LogP contribution in [0.4, 0.5) is 11.4 Å². The minimum absolute atomic E-state index is 0.645. The Bertz CT molecular complexity index is 393. The quantitative estimate of drug-likeness (QED) is 0.722.